The van der Waals surface area contributed by atoms with Crippen molar-refractivity contribution in [3.05, 3.63) is 65.6 Å². The fourth-order valence-corrected chi connectivity index (χ4v) is 13.4. The molecule has 0 spiro atoms. The van der Waals surface area contributed by atoms with Gasteiger partial charge in [-0.05, 0) is 144 Å². The number of allylic oxidation sites excluding steroid dienone is 2. The van der Waals surface area contributed by atoms with Crippen molar-refractivity contribution in [3.63, 3.8) is 0 Å². The summed E-state index contributed by atoms with van der Waals surface area (Å²) in [5.74, 6) is 2.82. The summed E-state index contributed by atoms with van der Waals surface area (Å²) in [4.78, 5) is 25.9. The molecule has 0 aliphatic heterocycles. The first-order valence-electron chi connectivity index (χ1n) is 18.5. The molecule has 0 unspecified atom stereocenters. The van der Waals surface area contributed by atoms with Crippen molar-refractivity contribution >= 4 is 17.4 Å². The Balaban J connectivity index is 1.20. The first-order valence-corrected chi connectivity index (χ1v) is 18.5. The Hall–Kier alpha value is -2.82. The third-order valence-corrected chi connectivity index (χ3v) is 15.8. The van der Waals surface area contributed by atoms with Crippen molar-refractivity contribution in [3.8, 4) is 0 Å². The highest BCUT2D eigenvalue weighted by Crippen LogP contribution is 2.77. The molecule has 4 saturated carbocycles. The predicted molar refractivity (Wildman–Crippen MR) is 186 cm³/mol. The minimum atomic E-state index is -0.871. The van der Waals surface area contributed by atoms with E-state index >= 15 is 0 Å². The number of benzene rings is 1. The SMILES string of the molecule is CC(C)[C@@H]1CC[C@]2(C(=O)NCc3ccoc3)CC[C@]3(C)[C@H](CC[C@@H]4[C@@]5(C)CC=C(c6ccc(C(=O)O)cc6)C(C)(C)[C@@H]5CC[C@]43C)[C@@H]12. The number of hydrogen-bond acceptors (Lipinski definition) is 3. The van der Waals surface area contributed by atoms with E-state index in [-0.39, 0.29) is 27.1 Å². The number of nitrogens with one attached hydrogen (secondary N) is 1. The molecule has 0 bridgehead atoms. The predicted octanol–water partition coefficient (Wildman–Crippen LogP) is 10.0. The molecule has 0 radical (unpaired) electrons. The molecule has 5 heteroatoms. The average molecular weight is 640 g/mol. The highest BCUT2D eigenvalue weighted by molar-refractivity contribution is 5.88. The second kappa shape index (κ2) is 11.1. The number of rotatable bonds is 6. The molecule has 5 aliphatic rings. The van der Waals surface area contributed by atoms with Gasteiger partial charge in [-0.25, -0.2) is 4.79 Å². The number of aromatic carboxylic acids is 1. The number of amides is 1. The van der Waals surface area contributed by atoms with Crippen molar-refractivity contribution in [1.29, 1.82) is 0 Å². The van der Waals surface area contributed by atoms with Crippen molar-refractivity contribution in [2.45, 2.75) is 113 Å². The zero-order valence-electron chi connectivity index (χ0n) is 29.8. The molecule has 0 saturated heterocycles. The summed E-state index contributed by atoms with van der Waals surface area (Å²) >= 11 is 0. The van der Waals surface area contributed by atoms with E-state index in [1.807, 2.05) is 18.2 Å². The highest BCUT2D eigenvalue weighted by atomic mass is 16.4. The zero-order valence-corrected chi connectivity index (χ0v) is 29.8. The van der Waals surface area contributed by atoms with E-state index in [1.165, 1.54) is 43.2 Å². The van der Waals surface area contributed by atoms with Crippen molar-refractivity contribution in [2.75, 3.05) is 0 Å². The smallest absolute Gasteiger partial charge is 0.335 e. The van der Waals surface area contributed by atoms with Crippen LogP contribution in [0.25, 0.3) is 5.57 Å². The van der Waals surface area contributed by atoms with E-state index < -0.39 is 5.97 Å². The van der Waals surface area contributed by atoms with Gasteiger partial charge in [-0.2, -0.15) is 0 Å². The van der Waals surface area contributed by atoms with Crippen LogP contribution >= 0.6 is 0 Å². The van der Waals surface area contributed by atoms with Gasteiger partial charge in [0.15, 0.2) is 0 Å². The molecular weight excluding hydrogens is 582 g/mol. The Bertz CT molecular complexity index is 1550. The number of fused-ring (bicyclic) bond motifs is 7. The third kappa shape index (κ3) is 4.60. The van der Waals surface area contributed by atoms with E-state index in [1.54, 1.807) is 24.7 Å². The van der Waals surface area contributed by atoms with Gasteiger partial charge in [0.2, 0.25) is 5.91 Å². The summed E-state index contributed by atoms with van der Waals surface area (Å²) in [7, 11) is 0. The summed E-state index contributed by atoms with van der Waals surface area (Å²) < 4.78 is 5.30. The summed E-state index contributed by atoms with van der Waals surface area (Å²) in [5.41, 5.74) is 4.33. The first kappa shape index (κ1) is 32.7. The first-order chi connectivity index (χ1) is 22.2. The van der Waals surface area contributed by atoms with Gasteiger partial charge in [-0.3, -0.25) is 4.79 Å². The number of hydrogen-bond donors (Lipinski definition) is 2. The van der Waals surface area contributed by atoms with Crippen LogP contribution in [0.15, 0.2) is 53.4 Å². The van der Waals surface area contributed by atoms with E-state index in [9.17, 15) is 14.7 Å². The van der Waals surface area contributed by atoms with Crippen LogP contribution in [0.3, 0.4) is 0 Å². The van der Waals surface area contributed by atoms with E-state index in [4.69, 9.17) is 4.42 Å². The molecule has 2 N–H and O–H groups in total. The van der Waals surface area contributed by atoms with Gasteiger partial charge in [0.05, 0.1) is 23.5 Å². The number of carbonyl (C=O) groups excluding carboxylic acids is 1. The van der Waals surface area contributed by atoms with Crippen LogP contribution in [0.4, 0.5) is 0 Å². The lowest BCUT2D eigenvalue weighted by molar-refractivity contribution is -0.227. The fraction of sp³-hybridized carbons (Fsp3) is 0.667. The maximum absolute atomic E-state index is 14.3. The Morgan fingerprint density at radius 1 is 0.894 bits per heavy atom. The second-order valence-corrected chi connectivity index (χ2v) is 18.0. The van der Waals surface area contributed by atoms with Crippen LogP contribution in [-0.4, -0.2) is 17.0 Å². The standard InChI is InChI=1S/C42H57NO4/c1-26(2)30-14-20-42(37(46)43-24-27-17-23-47-25-27)22-21-40(6)32(35(30)42)12-13-34-39(5)18-15-31(28-8-10-29(11-9-28)36(44)45)38(3,4)33(39)16-19-41(34,40)7/h8-11,15,17,23,25-26,30,32-35H,12-14,16,18-22,24H2,1-7H3,(H,43,46)(H,44,45)/t30-,32+,33-,34+,35+,39-,40+,41+,42-/m0/s1. The molecule has 1 amide bonds. The number of carbonyl (C=O) groups is 2. The Morgan fingerprint density at radius 3 is 2.30 bits per heavy atom. The molecule has 47 heavy (non-hydrogen) atoms. The van der Waals surface area contributed by atoms with Gasteiger partial charge < -0.3 is 14.8 Å². The Kier molecular flexibility index (Phi) is 7.73. The van der Waals surface area contributed by atoms with Gasteiger partial charge in [0, 0.05) is 12.1 Å². The largest absolute Gasteiger partial charge is 0.478 e. The molecule has 1 aromatic heterocycles. The molecule has 2 aromatic rings. The minimum Gasteiger partial charge on any atom is -0.478 e. The molecule has 5 nitrogen and oxygen atoms in total. The van der Waals surface area contributed by atoms with Crippen LogP contribution in [0.1, 0.15) is 128 Å². The number of carboxylic acids is 1. The van der Waals surface area contributed by atoms with E-state index in [0.29, 0.717) is 53.5 Å². The molecule has 5 aliphatic carbocycles. The van der Waals surface area contributed by atoms with Crippen LogP contribution in [0.5, 0.6) is 0 Å². The van der Waals surface area contributed by atoms with Crippen molar-refractivity contribution < 1.29 is 19.1 Å². The molecular formula is C42H57NO4. The fourth-order valence-electron chi connectivity index (χ4n) is 13.4. The normalized spacial score (nSPS) is 40.4. The summed E-state index contributed by atoms with van der Waals surface area (Å²) in [5, 5.41) is 12.9. The zero-order chi connectivity index (χ0) is 33.6. The highest BCUT2D eigenvalue weighted by Gasteiger charge is 2.71. The van der Waals surface area contributed by atoms with Crippen molar-refractivity contribution in [2.24, 2.45) is 62.6 Å². The van der Waals surface area contributed by atoms with Gasteiger partial charge in [0.25, 0.3) is 0 Å². The lowest BCUT2D eigenvalue weighted by atomic mass is 9.32. The lowest BCUT2D eigenvalue weighted by Gasteiger charge is -2.72. The number of furan rings is 1. The molecule has 4 fully saturated rings. The summed E-state index contributed by atoms with van der Waals surface area (Å²) in [6.45, 7) is 18.2. The molecule has 1 aromatic carbocycles. The maximum Gasteiger partial charge on any atom is 0.335 e. The van der Waals surface area contributed by atoms with Crippen LogP contribution in [-0.2, 0) is 11.3 Å². The Morgan fingerprint density at radius 2 is 1.64 bits per heavy atom. The molecule has 254 valence electrons. The van der Waals surface area contributed by atoms with Gasteiger partial charge in [-0.1, -0.05) is 66.7 Å². The maximum atomic E-state index is 14.3. The quantitative estimate of drug-likeness (QED) is 0.330. The van der Waals surface area contributed by atoms with E-state index in [0.717, 1.165) is 31.2 Å². The van der Waals surface area contributed by atoms with Crippen molar-refractivity contribution in [1.82, 2.24) is 5.32 Å². The van der Waals surface area contributed by atoms with Gasteiger partial charge in [0.1, 0.15) is 0 Å². The molecule has 1 heterocycles. The monoisotopic (exact) mass is 639 g/mol. The number of carboxylic acid groups (broad SMARTS) is 1. The topological polar surface area (TPSA) is 79.5 Å². The average Bonchev–Trinajstić information content (AvgIpc) is 3.69. The summed E-state index contributed by atoms with van der Waals surface area (Å²) in [6.07, 6.45) is 16.3. The third-order valence-electron chi connectivity index (χ3n) is 15.8. The van der Waals surface area contributed by atoms with Gasteiger partial charge >= 0.3 is 5.97 Å². The van der Waals surface area contributed by atoms with Gasteiger partial charge in [-0.15, -0.1) is 0 Å². The van der Waals surface area contributed by atoms with Crippen LogP contribution in [0.2, 0.25) is 0 Å². The molecule has 7 rings (SSSR count). The molecule has 9 atom stereocenters. The summed E-state index contributed by atoms with van der Waals surface area (Å²) in [6, 6.07) is 9.52. The van der Waals surface area contributed by atoms with Crippen LogP contribution in [0, 0.1) is 62.6 Å². The lowest BCUT2D eigenvalue weighted by Crippen LogP contribution is -2.66. The van der Waals surface area contributed by atoms with Crippen LogP contribution < -0.4 is 5.32 Å². The Labute approximate surface area is 282 Å². The minimum absolute atomic E-state index is 0.000190. The van der Waals surface area contributed by atoms with E-state index in [2.05, 4.69) is 59.9 Å². The second-order valence-electron chi connectivity index (χ2n) is 18.0.